The first kappa shape index (κ1) is 14.9. The average Bonchev–Trinajstić information content (AvgIpc) is 2.85. The van der Waals surface area contributed by atoms with E-state index in [4.69, 9.17) is 11.6 Å². The quantitative estimate of drug-likeness (QED) is 0.434. The van der Waals surface area contributed by atoms with Crippen LogP contribution in [0.1, 0.15) is 5.69 Å². The second-order valence-corrected chi connectivity index (χ2v) is 6.98. The molecule has 0 saturated heterocycles. The van der Waals surface area contributed by atoms with Crippen molar-refractivity contribution in [1.82, 2.24) is 4.57 Å². The molecule has 0 bridgehead atoms. The number of hydrogen-bond acceptors (Lipinski definition) is 0. The molecule has 0 radical (unpaired) electrons. The first-order valence-corrected chi connectivity index (χ1v) is 8.42. The third-order valence-corrected chi connectivity index (χ3v) is 5.14. The van der Waals surface area contributed by atoms with Crippen LogP contribution in [0.3, 0.4) is 0 Å². The molecule has 0 aliphatic heterocycles. The van der Waals surface area contributed by atoms with E-state index in [1.54, 1.807) is 0 Å². The van der Waals surface area contributed by atoms with Gasteiger partial charge in [-0.1, -0.05) is 39.7 Å². The molecule has 2 aromatic carbocycles. The molecular weight excluding hydrogens is 413 g/mol. The van der Waals surface area contributed by atoms with Crippen LogP contribution >= 0.6 is 43.5 Å². The molecule has 0 aliphatic carbocycles. The lowest BCUT2D eigenvalue weighted by atomic mass is 10.1. The highest BCUT2D eigenvalue weighted by Gasteiger charge is 2.10. The Labute approximate surface area is 145 Å². The Bertz CT molecular complexity index is 791. The van der Waals surface area contributed by atoms with E-state index < -0.39 is 0 Å². The van der Waals surface area contributed by atoms with Crippen LogP contribution < -0.4 is 0 Å². The van der Waals surface area contributed by atoms with Gasteiger partial charge < -0.3 is 4.57 Å². The van der Waals surface area contributed by atoms with Gasteiger partial charge in [0.2, 0.25) is 0 Å². The summed E-state index contributed by atoms with van der Waals surface area (Å²) in [6.07, 6.45) is 0. The molecule has 0 atom stereocenters. The van der Waals surface area contributed by atoms with Gasteiger partial charge in [-0.2, -0.15) is 0 Å². The van der Waals surface area contributed by atoms with Crippen LogP contribution in [0.2, 0.25) is 5.02 Å². The van der Waals surface area contributed by atoms with Crippen molar-refractivity contribution < 1.29 is 0 Å². The number of benzene rings is 2. The molecule has 0 spiro atoms. The standard InChI is InChI=1S/C17H12Br2ClN/c1-11-2-9-17(12-3-5-13(18)6-4-12)21(11)14-7-8-15(19)16(20)10-14/h2-10H,1H3. The first-order chi connectivity index (χ1) is 10.1. The third-order valence-electron chi connectivity index (χ3n) is 3.38. The fourth-order valence-electron chi connectivity index (χ4n) is 2.35. The predicted molar refractivity (Wildman–Crippen MR) is 96.4 cm³/mol. The zero-order valence-corrected chi connectivity index (χ0v) is 15.2. The summed E-state index contributed by atoms with van der Waals surface area (Å²) >= 11 is 13.1. The molecular formula is C17H12Br2ClN. The zero-order valence-electron chi connectivity index (χ0n) is 11.3. The molecule has 0 unspecified atom stereocenters. The Kier molecular flexibility index (Phi) is 4.25. The highest BCUT2D eigenvalue weighted by atomic mass is 79.9. The maximum absolute atomic E-state index is 6.24. The van der Waals surface area contributed by atoms with Gasteiger partial charge in [0.25, 0.3) is 0 Å². The highest BCUT2D eigenvalue weighted by molar-refractivity contribution is 9.10. The molecule has 0 N–H and O–H groups in total. The molecule has 3 aromatic rings. The van der Waals surface area contributed by atoms with Gasteiger partial charge >= 0.3 is 0 Å². The van der Waals surface area contributed by atoms with Crippen LogP contribution in [0.25, 0.3) is 16.9 Å². The molecule has 3 rings (SSSR count). The Morgan fingerprint density at radius 1 is 0.905 bits per heavy atom. The Hall–Kier alpha value is -1.03. The Morgan fingerprint density at radius 2 is 1.62 bits per heavy atom. The van der Waals surface area contributed by atoms with E-state index in [1.165, 1.54) is 11.3 Å². The largest absolute Gasteiger partial charge is 0.314 e. The molecule has 21 heavy (non-hydrogen) atoms. The summed E-state index contributed by atoms with van der Waals surface area (Å²) in [5.41, 5.74) is 4.55. The van der Waals surface area contributed by atoms with Crippen molar-refractivity contribution in [3.05, 3.63) is 74.3 Å². The molecule has 1 aromatic heterocycles. The number of nitrogens with zero attached hydrogens (tertiary/aromatic N) is 1. The van der Waals surface area contributed by atoms with E-state index in [1.807, 2.05) is 12.1 Å². The lowest BCUT2D eigenvalue weighted by Gasteiger charge is -2.13. The highest BCUT2D eigenvalue weighted by Crippen LogP contribution is 2.31. The second-order valence-electron chi connectivity index (χ2n) is 4.80. The van der Waals surface area contributed by atoms with E-state index >= 15 is 0 Å². The molecule has 106 valence electrons. The van der Waals surface area contributed by atoms with Gasteiger partial charge in [0.1, 0.15) is 0 Å². The van der Waals surface area contributed by atoms with Crippen molar-refractivity contribution in [3.63, 3.8) is 0 Å². The summed E-state index contributed by atoms with van der Waals surface area (Å²) in [7, 11) is 0. The van der Waals surface area contributed by atoms with Crippen LogP contribution in [0.4, 0.5) is 0 Å². The third kappa shape index (κ3) is 2.96. The molecule has 0 amide bonds. The van der Waals surface area contributed by atoms with Crippen molar-refractivity contribution >= 4 is 43.5 Å². The van der Waals surface area contributed by atoms with E-state index in [2.05, 4.69) is 85.8 Å². The predicted octanol–water partition coefficient (Wildman–Crippen LogP) is 6.63. The van der Waals surface area contributed by atoms with E-state index in [0.29, 0.717) is 5.02 Å². The maximum Gasteiger partial charge on any atom is 0.0568 e. The lowest BCUT2D eigenvalue weighted by molar-refractivity contribution is 1.02. The minimum atomic E-state index is 0.711. The summed E-state index contributed by atoms with van der Waals surface area (Å²) in [6.45, 7) is 2.10. The average molecular weight is 426 g/mol. The zero-order chi connectivity index (χ0) is 15.0. The smallest absolute Gasteiger partial charge is 0.0568 e. The van der Waals surface area contributed by atoms with Gasteiger partial charge in [0.05, 0.1) is 10.7 Å². The van der Waals surface area contributed by atoms with Crippen molar-refractivity contribution in [2.75, 3.05) is 0 Å². The first-order valence-electron chi connectivity index (χ1n) is 6.46. The number of rotatable bonds is 2. The monoisotopic (exact) mass is 423 g/mol. The molecule has 0 aliphatic rings. The number of aryl methyl sites for hydroxylation is 1. The van der Waals surface area contributed by atoms with Gasteiger partial charge in [0, 0.05) is 20.3 Å². The lowest BCUT2D eigenvalue weighted by Crippen LogP contribution is -1.99. The molecule has 1 heterocycles. The van der Waals surface area contributed by atoms with E-state index in [9.17, 15) is 0 Å². The summed E-state index contributed by atoms with van der Waals surface area (Å²) in [5.74, 6) is 0. The topological polar surface area (TPSA) is 4.93 Å². The van der Waals surface area contributed by atoms with E-state index in [0.717, 1.165) is 20.3 Å². The van der Waals surface area contributed by atoms with E-state index in [-0.39, 0.29) is 0 Å². The van der Waals surface area contributed by atoms with Crippen LogP contribution in [-0.2, 0) is 0 Å². The summed E-state index contributed by atoms with van der Waals surface area (Å²) in [6, 6.07) is 18.6. The van der Waals surface area contributed by atoms with Crippen molar-refractivity contribution in [2.45, 2.75) is 6.92 Å². The van der Waals surface area contributed by atoms with Crippen molar-refractivity contribution in [3.8, 4) is 16.9 Å². The molecule has 1 nitrogen and oxygen atoms in total. The molecule has 0 fully saturated rings. The van der Waals surface area contributed by atoms with Crippen LogP contribution in [0.5, 0.6) is 0 Å². The second kappa shape index (κ2) is 5.99. The summed E-state index contributed by atoms with van der Waals surface area (Å²) < 4.78 is 4.19. The number of aromatic nitrogens is 1. The molecule has 0 saturated carbocycles. The van der Waals surface area contributed by atoms with Gasteiger partial charge in [0.15, 0.2) is 0 Å². The fourth-order valence-corrected chi connectivity index (χ4v) is 3.04. The van der Waals surface area contributed by atoms with Crippen LogP contribution in [-0.4, -0.2) is 4.57 Å². The fraction of sp³-hybridized carbons (Fsp3) is 0.0588. The number of hydrogen-bond donors (Lipinski definition) is 0. The number of halogens is 3. The SMILES string of the molecule is Cc1ccc(-c2ccc(Br)cc2)n1-c1ccc(Br)c(Cl)c1. The van der Waals surface area contributed by atoms with Crippen molar-refractivity contribution in [1.29, 1.82) is 0 Å². The minimum absolute atomic E-state index is 0.711. The van der Waals surface area contributed by atoms with Gasteiger partial charge in [-0.15, -0.1) is 0 Å². The van der Waals surface area contributed by atoms with Crippen molar-refractivity contribution in [2.24, 2.45) is 0 Å². The maximum atomic E-state index is 6.24. The minimum Gasteiger partial charge on any atom is -0.314 e. The van der Waals surface area contributed by atoms with Crippen LogP contribution in [0, 0.1) is 6.92 Å². The van der Waals surface area contributed by atoms with Crippen LogP contribution in [0.15, 0.2) is 63.5 Å². The normalized spacial score (nSPS) is 10.9. The Morgan fingerprint density at radius 3 is 2.29 bits per heavy atom. The summed E-state index contributed by atoms with van der Waals surface area (Å²) in [4.78, 5) is 0. The van der Waals surface area contributed by atoms with Gasteiger partial charge in [-0.3, -0.25) is 0 Å². The molecule has 4 heteroatoms. The van der Waals surface area contributed by atoms with Gasteiger partial charge in [-0.05, 0) is 70.9 Å². The summed E-state index contributed by atoms with van der Waals surface area (Å²) in [5, 5.41) is 0.711. The Balaban J connectivity index is 2.16. The van der Waals surface area contributed by atoms with Gasteiger partial charge in [-0.25, -0.2) is 0 Å².